The van der Waals surface area contributed by atoms with Gasteiger partial charge in [0, 0.05) is 5.69 Å². The Kier molecular flexibility index (Phi) is 3.81. The fraction of sp³-hybridized carbons (Fsp3) is 0.0909. The molecule has 1 heterocycles. The second-order valence-corrected chi connectivity index (χ2v) is 4.72. The number of carbonyl (C=O) groups excluding carboxylic acids is 2. The van der Waals surface area contributed by atoms with E-state index in [2.05, 4.69) is 20.8 Å². The summed E-state index contributed by atoms with van der Waals surface area (Å²) >= 11 is 1.16. The molecule has 0 aliphatic carbocycles. The first-order valence-corrected chi connectivity index (χ1v) is 6.04. The quantitative estimate of drug-likeness (QED) is 0.818. The minimum atomic E-state index is -0.862. The van der Waals surface area contributed by atoms with E-state index in [0.717, 1.165) is 11.3 Å². The molecule has 8 heteroatoms. The number of aromatic nitrogens is 2. The molecule has 98 valence electrons. The fourth-order valence-electron chi connectivity index (χ4n) is 1.22. The molecule has 1 aromatic carbocycles. The van der Waals surface area contributed by atoms with Crippen molar-refractivity contribution < 1.29 is 14.0 Å². The van der Waals surface area contributed by atoms with Gasteiger partial charge in [-0.05, 0) is 31.2 Å². The lowest BCUT2D eigenvalue weighted by Gasteiger charge is -2.04. The molecule has 1 aromatic heterocycles. The molecule has 0 atom stereocenters. The topological polar surface area (TPSA) is 84.0 Å². The van der Waals surface area contributed by atoms with Gasteiger partial charge in [0.1, 0.15) is 10.8 Å². The number of carbonyl (C=O) groups is 2. The predicted molar refractivity (Wildman–Crippen MR) is 68.3 cm³/mol. The van der Waals surface area contributed by atoms with Crippen molar-refractivity contribution >= 4 is 34.0 Å². The van der Waals surface area contributed by atoms with Gasteiger partial charge in [-0.3, -0.25) is 14.9 Å². The lowest BCUT2D eigenvalue weighted by atomic mass is 10.3. The number of hydrogen-bond acceptors (Lipinski definition) is 5. The summed E-state index contributed by atoms with van der Waals surface area (Å²) in [6.07, 6.45) is 0. The second kappa shape index (κ2) is 5.53. The molecule has 0 saturated heterocycles. The number of aryl methyl sites for hydroxylation is 1. The molecule has 0 fully saturated rings. The van der Waals surface area contributed by atoms with Gasteiger partial charge in [-0.25, -0.2) is 4.39 Å². The van der Waals surface area contributed by atoms with Crippen molar-refractivity contribution in [3.63, 3.8) is 0 Å². The molecule has 19 heavy (non-hydrogen) atoms. The van der Waals surface area contributed by atoms with Crippen molar-refractivity contribution in [1.82, 2.24) is 10.2 Å². The lowest BCUT2D eigenvalue weighted by molar-refractivity contribution is -0.133. The van der Waals surface area contributed by atoms with Gasteiger partial charge in [0.2, 0.25) is 5.13 Å². The summed E-state index contributed by atoms with van der Waals surface area (Å²) in [6.45, 7) is 1.73. The number of benzene rings is 1. The van der Waals surface area contributed by atoms with Crippen LogP contribution >= 0.6 is 11.3 Å². The minimum Gasteiger partial charge on any atom is -0.318 e. The Morgan fingerprint density at radius 1 is 1.11 bits per heavy atom. The van der Waals surface area contributed by atoms with Gasteiger partial charge in [0.15, 0.2) is 0 Å². The Bertz CT molecular complexity index is 611. The van der Waals surface area contributed by atoms with E-state index in [9.17, 15) is 14.0 Å². The predicted octanol–water partition coefficient (Wildman–Crippen LogP) is 1.56. The van der Waals surface area contributed by atoms with Crippen molar-refractivity contribution in [2.45, 2.75) is 6.92 Å². The third-order valence-electron chi connectivity index (χ3n) is 2.05. The van der Waals surface area contributed by atoms with E-state index in [1.807, 2.05) is 0 Å². The zero-order valence-electron chi connectivity index (χ0n) is 9.81. The van der Waals surface area contributed by atoms with Crippen LogP contribution in [0.25, 0.3) is 0 Å². The van der Waals surface area contributed by atoms with Crippen molar-refractivity contribution in [3.8, 4) is 0 Å². The van der Waals surface area contributed by atoms with Crippen molar-refractivity contribution in [2.75, 3.05) is 10.6 Å². The molecule has 2 rings (SSSR count). The zero-order valence-corrected chi connectivity index (χ0v) is 10.6. The van der Waals surface area contributed by atoms with Crippen LogP contribution in [0.2, 0.25) is 0 Å². The number of rotatable bonds is 2. The van der Waals surface area contributed by atoms with E-state index in [4.69, 9.17) is 0 Å². The minimum absolute atomic E-state index is 0.247. The summed E-state index contributed by atoms with van der Waals surface area (Å²) in [5.41, 5.74) is 0.329. The van der Waals surface area contributed by atoms with Gasteiger partial charge in [0.25, 0.3) is 0 Å². The number of amides is 2. The van der Waals surface area contributed by atoms with Gasteiger partial charge in [-0.2, -0.15) is 0 Å². The van der Waals surface area contributed by atoms with Crippen LogP contribution in [0.4, 0.5) is 15.2 Å². The summed E-state index contributed by atoms with van der Waals surface area (Å²) in [7, 11) is 0. The molecule has 6 nitrogen and oxygen atoms in total. The average molecular weight is 280 g/mol. The number of nitrogens with one attached hydrogen (secondary N) is 2. The van der Waals surface area contributed by atoms with Crippen LogP contribution in [0.5, 0.6) is 0 Å². The Morgan fingerprint density at radius 2 is 1.74 bits per heavy atom. The van der Waals surface area contributed by atoms with Crippen LogP contribution in [0.15, 0.2) is 24.3 Å². The maximum atomic E-state index is 12.7. The van der Waals surface area contributed by atoms with Crippen molar-refractivity contribution in [3.05, 3.63) is 35.1 Å². The smallest absolute Gasteiger partial charge is 0.315 e. The van der Waals surface area contributed by atoms with Gasteiger partial charge >= 0.3 is 11.8 Å². The monoisotopic (exact) mass is 280 g/mol. The van der Waals surface area contributed by atoms with Gasteiger partial charge in [0.05, 0.1) is 0 Å². The largest absolute Gasteiger partial charge is 0.318 e. The Labute approximate surface area is 111 Å². The highest BCUT2D eigenvalue weighted by molar-refractivity contribution is 7.15. The van der Waals surface area contributed by atoms with Crippen molar-refractivity contribution in [2.24, 2.45) is 0 Å². The van der Waals surface area contributed by atoms with E-state index < -0.39 is 17.6 Å². The van der Waals surface area contributed by atoms with Crippen LogP contribution in [-0.4, -0.2) is 22.0 Å². The Balaban J connectivity index is 1.96. The van der Waals surface area contributed by atoms with Gasteiger partial charge in [-0.1, -0.05) is 11.3 Å². The molecular weight excluding hydrogens is 271 g/mol. The zero-order chi connectivity index (χ0) is 13.8. The normalized spacial score (nSPS) is 10.0. The number of anilines is 2. The molecule has 0 saturated carbocycles. The first kappa shape index (κ1) is 13.1. The highest BCUT2D eigenvalue weighted by Crippen LogP contribution is 2.13. The Hall–Kier alpha value is -2.35. The summed E-state index contributed by atoms with van der Waals surface area (Å²) in [4.78, 5) is 23.1. The van der Waals surface area contributed by atoms with Crippen LogP contribution in [0, 0.1) is 12.7 Å². The molecule has 0 unspecified atom stereocenters. The summed E-state index contributed by atoms with van der Waals surface area (Å²) in [5.74, 6) is -2.15. The van der Waals surface area contributed by atoms with Gasteiger partial charge in [-0.15, -0.1) is 10.2 Å². The first-order chi connectivity index (χ1) is 9.04. The maximum Gasteiger partial charge on any atom is 0.315 e. The lowest BCUT2D eigenvalue weighted by Crippen LogP contribution is -2.29. The molecular formula is C11H9FN4O2S. The van der Waals surface area contributed by atoms with E-state index in [-0.39, 0.29) is 5.13 Å². The number of nitrogens with zero attached hydrogens (tertiary/aromatic N) is 2. The third kappa shape index (κ3) is 3.55. The highest BCUT2D eigenvalue weighted by atomic mass is 32.1. The molecule has 0 bridgehead atoms. The fourth-order valence-corrected chi connectivity index (χ4v) is 1.81. The van der Waals surface area contributed by atoms with E-state index in [1.165, 1.54) is 24.3 Å². The molecule has 2 aromatic rings. The van der Waals surface area contributed by atoms with Crippen LogP contribution < -0.4 is 10.6 Å². The molecule has 2 amide bonds. The number of hydrogen-bond donors (Lipinski definition) is 2. The summed E-state index contributed by atoms with van der Waals surface area (Å²) < 4.78 is 12.7. The standard InChI is InChI=1S/C11H9FN4O2S/c1-6-15-16-11(19-6)14-10(18)9(17)13-8-4-2-7(12)3-5-8/h2-5H,1H3,(H,13,17)(H,14,16,18). The van der Waals surface area contributed by atoms with Crippen LogP contribution in [0.1, 0.15) is 5.01 Å². The average Bonchev–Trinajstić information content (AvgIpc) is 2.77. The number of halogens is 1. The molecule has 0 radical (unpaired) electrons. The Morgan fingerprint density at radius 3 is 2.32 bits per heavy atom. The van der Waals surface area contributed by atoms with E-state index in [0.29, 0.717) is 10.7 Å². The SMILES string of the molecule is Cc1nnc(NC(=O)C(=O)Nc2ccc(F)cc2)s1. The maximum absolute atomic E-state index is 12.7. The highest BCUT2D eigenvalue weighted by Gasteiger charge is 2.15. The van der Waals surface area contributed by atoms with E-state index >= 15 is 0 Å². The van der Waals surface area contributed by atoms with Gasteiger partial charge < -0.3 is 5.32 Å². The first-order valence-electron chi connectivity index (χ1n) is 5.22. The summed E-state index contributed by atoms with van der Waals surface area (Å²) in [5, 5.41) is 12.9. The summed E-state index contributed by atoms with van der Waals surface area (Å²) in [6, 6.07) is 5.08. The van der Waals surface area contributed by atoms with Crippen LogP contribution in [-0.2, 0) is 9.59 Å². The van der Waals surface area contributed by atoms with Crippen LogP contribution in [0.3, 0.4) is 0 Å². The second-order valence-electron chi connectivity index (χ2n) is 3.54. The van der Waals surface area contributed by atoms with E-state index in [1.54, 1.807) is 6.92 Å². The van der Waals surface area contributed by atoms with Crippen molar-refractivity contribution in [1.29, 1.82) is 0 Å². The molecule has 0 aliphatic rings. The molecule has 0 spiro atoms. The molecule has 2 N–H and O–H groups in total. The molecule has 0 aliphatic heterocycles. The third-order valence-corrected chi connectivity index (χ3v) is 2.81.